The number of nitrogens with zero attached hydrogens (tertiary/aromatic N) is 1. The summed E-state index contributed by atoms with van der Waals surface area (Å²) in [5, 5.41) is 1.41. The zero-order valence-electron chi connectivity index (χ0n) is 18.5. The molecular formula is C28H26F3NO. The number of fused-ring (bicyclic) bond motifs is 1. The summed E-state index contributed by atoms with van der Waals surface area (Å²) in [4.78, 5) is 4.59. The molecule has 0 aliphatic carbocycles. The second-order valence-corrected chi connectivity index (χ2v) is 8.15. The molecule has 0 amide bonds. The average Bonchev–Trinajstić information content (AvgIpc) is 2.83. The largest absolute Gasteiger partial charge is 0.435 e. The highest BCUT2D eigenvalue weighted by Crippen LogP contribution is 2.27. The lowest BCUT2D eigenvalue weighted by Crippen LogP contribution is -2.02. The maximum absolute atomic E-state index is 15.2. The second kappa shape index (κ2) is 10.5. The molecule has 0 N–H and O–H groups in total. The molecule has 0 aliphatic heterocycles. The first-order valence-corrected chi connectivity index (χ1v) is 11.2. The first kappa shape index (κ1) is 22.8. The molecule has 0 bridgehead atoms. The van der Waals surface area contributed by atoms with Crippen LogP contribution in [0, 0.1) is 5.82 Å². The Morgan fingerprint density at radius 1 is 0.848 bits per heavy atom. The molecule has 33 heavy (non-hydrogen) atoms. The highest BCUT2D eigenvalue weighted by Gasteiger charge is 2.10. The van der Waals surface area contributed by atoms with Crippen LogP contribution in [-0.2, 0) is 19.3 Å². The van der Waals surface area contributed by atoms with Gasteiger partial charge in [-0.2, -0.15) is 8.78 Å². The molecule has 0 atom stereocenters. The molecule has 3 aromatic carbocycles. The quantitative estimate of drug-likeness (QED) is 0.260. The molecule has 0 saturated carbocycles. The van der Waals surface area contributed by atoms with Crippen LogP contribution in [0.5, 0.6) is 5.75 Å². The minimum Gasteiger partial charge on any atom is -0.435 e. The molecular weight excluding hydrogens is 423 g/mol. The molecule has 4 rings (SSSR count). The topological polar surface area (TPSA) is 22.1 Å². The Balaban J connectivity index is 1.47. The van der Waals surface area contributed by atoms with E-state index in [4.69, 9.17) is 0 Å². The van der Waals surface area contributed by atoms with Crippen molar-refractivity contribution in [1.29, 1.82) is 0 Å². The van der Waals surface area contributed by atoms with Gasteiger partial charge in [0, 0.05) is 17.1 Å². The van der Waals surface area contributed by atoms with Crippen molar-refractivity contribution >= 4 is 10.8 Å². The van der Waals surface area contributed by atoms with Gasteiger partial charge in [0.05, 0.1) is 5.69 Å². The molecule has 1 heterocycles. The van der Waals surface area contributed by atoms with Gasteiger partial charge in [-0.3, -0.25) is 4.98 Å². The summed E-state index contributed by atoms with van der Waals surface area (Å²) in [5.74, 6) is -0.105. The van der Waals surface area contributed by atoms with E-state index < -0.39 is 6.61 Å². The van der Waals surface area contributed by atoms with Crippen molar-refractivity contribution in [3.8, 4) is 17.0 Å². The van der Waals surface area contributed by atoms with Crippen LogP contribution >= 0.6 is 0 Å². The number of benzene rings is 3. The van der Waals surface area contributed by atoms with E-state index in [-0.39, 0.29) is 11.6 Å². The van der Waals surface area contributed by atoms with E-state index in [0.717, 1.165) is 41.5 Å². The molecule has 1 aromatic heterocycles. The summed E-state index contributed by atoms with van der Waals surface area (Å²) in [5.41, 5.74) is 4.62. The zero-order chi connectivity index (χ0) is 23.2. The Morgan fingerprint density at radius 3 is 2.33 bits per heavy atom. The number of halogens is 3. The molecule has 170 valence electrons. The molecule has 0 saturated heterocycles. The van der Waals surface area contributed by atoms with Crippen LogP contribution in [0.2, 0.25) is 0 Å². The van der Waals surface area contributed by atoms with Crippen molar-refractivity contribution in [2.45, 2.75) is 45.6 Å². The number of unbranched alkanes of at least 4 members (excludes halogenated alkanes) is 1. The van der Waals surface area contributed by atoms with Gasteiger partial charge in [-0.25, -0.2) is 4.39 Å². The maximum atomic E-state index is 15.2. The van der Waals surface area contributed by atoms with Crippen molar-refractivity contribution in [1.82, 2.24) is 4.98 Å². The SMILES string of the molecule is CCCCc1ccc(-c2ccc3c(F)c(CCc4ccc(OC(F)F)cc4)ccc3c2)nc1. The van der Waals surface area contributed by atoms with E-state index in [1.54, 1.807) is 12.1 Å². The number of hydrogen-bond donors (Lipinski definition) is 0. The van der Waals surface area contributed by atoms with Crippen molar-refractivity contribution in [2.75, 3.05) is 0 Å². The minimum absolute atomic E-state index is 0.117. The third kappa shape index (κ3) is 5.72. The highest BCUT2D eigenvalue weighted by molar-refractivity contribution is 5.88. The van der Waals surface area contributed by atoms with E-state index in [1.165, 1.54) is 17.7 Å². The number of alkyl halides is 2. The monoisotopic (exact) mass is 449 g/mol. The van der Waals surface area contributed by atoms with Crippen LogP contribution in [0.1, 0.15) is 36.5 Å². The standard InChI is InChI=1S/C28H26F3NO/c1-2-3-4-20-8-16-26(32-18-20)23-12-15-25-22(17-23)11-10-21(27(25)29)9-5-19-6-13-24(14-7-19)33-28(30)31/h6-8,10-18,28H,2-5,9H2,1H3. The average molecular weight is 450 g/mol. The van der Waals surface area contributed by atoms with Crippen LogP contribution in [0.3, 0.4) is 0 Å². The van der Waals surface area contributed by atoms with E-state index in [9.17, 15) is 8.78 Å². The molecule has 0 radical (unpaired) electrons. The number of aryl methyl sites for hydroxylation is 3. The van der Waals surface area contributed by atoms with Crippen LogP contribution in [0.15, 0.2) is 72.9 Å². The summed E-state index contributed by atoms with van der Waals surface area (Å²) in [7, 11) is 0. The molecule has 4 aromatic rings. The van der Waals surface area contributed by atoms with Crippen molar-refractivity contribution < 1.29 is 17.9 Å². The highest BCUT2D eigenvalue weighted by atomic mass is 19.3. The summed E-state index contributed by atoms with van der Waals surface area (Å²) >= 11 is 0. The predicted octanol–water partition coefficient (Wildman–Crippen LogP) is 7.77. The smallest absolute Gasteiger partial charge is 0.387 e. The fourth-order valence-corrected chi connectivity index (χ4v) is 3.93. The fraction of sp³-hybridized carbons (Fsp3) is 0.250. The van der Waals surface area contributed by atoms with Gasteiger partial charge >= 0.3 is 6.61 Å². The van der Waals surface area contributed by atoms with Gasteiger partial charge < -0.3 is 4.74 Å². The third-order valence-electron chi connectivity index (χ3n) is 5.81. The molecule has 5 heteroatoms. The maximum Gasteiger partial charge on any atom is 0.387 e. The van der Waals surface area contributed by atoms with E-state index >= 15 is 4.39 Å². The van der Waals surface area contributed by atoms with Gasteiger partial charge in [0.1, 0.15) is 11.6 Å². The summed E-state index contributed by atoms with van der Waals surface area (Å²) in [6, 6.07) is 20.0. The lowest BCUT2D eigenvalue weighted by atomic mass is 9.98. The Labute approximate surface area is 192 Å². The van der Waals surface area contributed by atoms with Crippen LogP contribution in [-0.4, -0.2) is 11.6 Å². The fourth-order valence-electron chi connectivity index (χ4n) is 3.93. The molecule has 0 spiro atoms. The Kier molecular flexibility index (Phi) is 7.28. The van der Waals surface area contributed by atoms with Crippen molar-refractivity contribution in [2.24, 2.45) is 0 Å². The predicted molar refractivity (Wildman–Crippen MR) is 126 cm³/mol. The molecule has 0 unspecified atom stereocenters. The molecule has 0 aliphatic rings. The summed E-state index contributed by atoms with van der Waals surface area (Å²) in [6.07, 6.45) is 6.37. The number of hydrogen-bond acceptors (Lipinski definition) is 2. The number of rotatable bonds is 9. The minimum atomic E-state index is -2.84. The van der Waals surface area contributed by atoms with Gasteiger partial charge in [0.25, 0.3) is 0 Å². The number of ether oxygens (including phenoxy) is 1. The van der Waals surface area contributed by atoms with Crippen LogP contribution in [0.25, 0.3) is 22.0 Å². The van der Waals surface area contributed by atoms with Gasteiger partial charge in [0.15, 0.2) is 0 Å². The van der Waals surface area contributed by atoms with Gasteiger partial charge in [-0.1, -0.05) is 55.8 Å². The second-order valence-electron chi connectivity index (χ2n) is 8.15. The number of aromatic nitrogens is 1. The van der Waals surface area contributed by atoms with Gasteiger partial charge in [-0.05, 0) is 72.0 Å². The lowest BCUT2D eigenvalue weighted by molar-refractivity contribution is -0.0498. The van der Waals surface area contributed by atoms with Crippen molar-refractivity contribution in [3.05, 3.63) is 95.4 Å². The van der Waals surface area contributed by atoms with Crippen molar-refractivity contribution in [3.63, 3.8) is 0 Å². The summed E-state index contributed by atoms with van der Waals surface area (Å²) < 4.78 is 44.1. The first-order valence-electron chi connectivity index (χ1n) is 11.2. The van der Waals surface area contributed by atoms with E-state index in [2.05, 4.69) is 22.7 Å². The van der Waals surface area contributed by atoms with E-state index in [1.807, 2.05) is 42.6 Å². The number of pyridine rings is 1. The van der Waals surface area contributed by atoms with Gasteiger partial charge in [0.2, 0.25) is 0 Å². The Hall–Kier alpha value is -3.34. The van der Waals surface area contributed by atoms with Gasteiger partial charge in [-0.15, -0.1) is 0 Å². The molecule has 2 nitrogen and oxygen atoms in total. The van der Waals surface area contributed by atoms with Crippen LogP contribution in [0.4, 0.5) is 13.2 Å². The zero-order valence-corrected chi connectivity index (χ0v) is 18.5. The summed E-state index contributed by atoms with van der Waals surface area (Å²) in [6.45, 7) is -0.670. The lowest BCUT2D eigenvalue weighted by Gasteiger charge is -2.10. The Morgan fingerprint density at radius 2 is 1.64 bits per heavy atom. The third-order valence-corrected chi connectivity index (χ3v) is 5.81. The first-order chi connectivity index (χ1) is 16.0. The Bertz CT molecular complexity index is 1200. The molecule has 0 fully saturated rings. The van der Waals surface area contributed by atoms with Crippen LogP contribution < -0.4 is 4.74 Å². The van der Waals surface area contributed by atoms with E-state index in [0.29, 0.717) is 23.8 Å². The normalized spacial score (nSPS) is 11.3.